The van der Waals surface area contributed by atoms with Gasteiger partial charge in [0.15, 0.2) is 5.78 Å². The molecule has 1 aromatic rings. The van der Waals surface area contributed by atoms with E-state index in [9.17, 15) is 4.79 Å². The van der Waals surface area contributed by atoms with E-state index in [1.807, 2.05) is 30.3 Å². The summed E-state index contributed by atoms with van der Waals surface area (Å²) in [5, 5.41) is 3.12. The van der Waals surface area contributed by atoms with Gasteiger partial charge in [0.2, 0.25) is 11.8 Å². The minimum Gasteiger partial charge on any atom is -0.353 e. The zero-order valence-corrected chi connectivity index (χ0v) is 8.69. The summed E-state index contributed by atoms with van der Waals surface area (Å²) in [4.78, 5) is 20.9. The lowest BCUT2D eigenvalue weighted by atomic mass is 10.0. The van der Waals surface area contributed by atoms with E-state index in [0.29, 0.717) is 0 Å². The highest BCUT2D eigenvalue weighted by Gasteiger charge is 2.50. The number of anilines is 1. The molecule has 1 aliphatic heterocycles. The first kappa shape index (κ1) is 10.1. The molecule has 0 aromatic heterocycles. The number of carbonyl (C=O) groups excluding carboxylic acids is 1. The van der Waals surface area contributed by atoms with Crippen LogP contribution in [-0.4, -0.2) is 17.6 Å². The number of benzene rings is 1. The molecule has 0 amide bonds. The third-order valence-corrected chi connectivity index (χ3v) is 2.35. The normalized spacial score (nSPS) is 29.3. The first-order valence-electron chi connectivity index (χ1n) is 4.80. The van der Waals surface area contributed by atoms with Crippen LogP contribution < -0.4 is 5.32 Å². The maximum Gasteiger partial charge on any atom is 0.206 e. The van der Waals surface area contributed by atoms with Crippen LogP contribution in [0.3, 0.4) is 0 Å². The molecule has 4 heteroatoms. The number of hydrogen-bond donors (Lipinski definition) is 1. The van der Waals surface area contributed by atoms with Gasteiger partial charge in [-0.1, -0.05) is 18.2 Å². The van der Waals surface area contributed by atoms with E-state index in [1.165, 1.54) is 6.92 Å². The van der Waals surface area contributed by atoms with Crippen molar-refractivity contribution in [3.8, 4) is 0 Å². The second-order valence-electron chi connectivity index (χ2n) is 3.77. The fourth-order valence-electron chi connectivity index (χ4n) is 1.59. The van der Waals surface area contributed by atoms with Crippen molar-refractivity contribution in [3.05, 3.63) is 30.3 Å². The molecule has 1 aliphatic rings. The third kappa shape index (κ3) is 1.86. The van der Waals surface area contributed by atoms with Gasteiger partial charge in [0.05, 0.1) is 0 Å². The van der Waals surface area contributed by atoms with E-state index in [0.717, 1.165) is 5.69 Å². The van der Waals surface area contributed by atoms with Gasteiger partial charge in [-0.15, -0.1) is 0 Å². The Kier molecular flexibility index (Phi) is 2.46. The molecule has 0 spiro atoms. The summed E-state index contributed by atoms with van der Waals surface area (Å²) in [5.74, 6) is -0.0489. The number of nitrogens with one attached hydrogen (secondary N) is 1. The average Bonchev–Trinajstić information content (AvgIpc) is 2.17. The molecule has 1 fully saturated rings. The lowest BCUT2D eigenvalue weighted by molar-refractivity contribution is -0.482. The van der Waals surface area contributed by atoms with Crippen molar-refractivity contribution < 1.29 is 14.6 Å². The maximum atomic E-state index is 11.2. The molecule has 80 valence electrons. The highest BCUT2D eigenvalue weighted by Crippen LogP contribution is 2.31. The molecule has 15 heavy (non-hydrogen) atoms. The molecule has 4 nitrogen and oxygen atoms in total. The van der Waals surface area contributed by atoms with Gasteiger partial charge < -0.3 is 5.32 Å². The first-order chi connectivity index (χ1) is 7.12. The highest BCUT2D eigenvalue weighted by molar-refractivity contribution is 5.82. The molecule has 2 rings (SSSR count). The summed E-state index contributed by atoms with van der Waals surface area (Å²) in [6.45, 7) is 3.27. The molecule has 0 radical (unpaired) electrons. The van der Waals surface area contributed by atoms with E-state index in [4.69, 9.17) is 9.78 Å². The number of ketones is 1. The van der Waals surface area contributed by atoms with Gasteiger partial charge >= 0.3 is 0 Å². The van der Waals surface area contributed by atoms with Gasteiger partial charge in [-0.05, 0) is 26.0 Å². The van der Waals surface area contributed by atoms with Crippen LogP contribution in [0, 0.1) is 0 Å². The summed E-state index contributed by atoms with van der Waals surface area (Å²) >= 11 is 0. The van der Waals surface area contributed by atoms with Crippen molar-refractivity contribution in [2.24, 2.45) is 0 Å². The molecule has 0 aliphatic carbocycles. The SMILES string of the molecule is CC(=O)C1OOC1(C)Nc1ccccc1. The third-order valence-electron chi connectivity index (χ3n) is 2.35. The molecule has 1 heterocycles. The molecule has 2 unspecified atom stereocenters. The largest absolute Gasteiger partial charge is 0.353 e. The van der Waals surface area contributed by atoms with Crippen LogP contribution in [0.15, 0.2) is 30.3 Å². The Hall–Kier alpha value is -1.39. The Morgan fingerprint density at radius 1 is 1.40 bits per heavy atom. The Bertz CT molecular complexity index is 365. The van der Waals surface area contributed by atoms with Crippen LogP contribution in [-0.2, 0) is 14.6 Å². The van der Waals surface area contributed by atoms with Crippen molar-refractivity contribution in [2.75, 3.05) is 5.32 Å². The van der Waals surface area contributed by atoms with Gasteiger partial charge in [-0.3, -0.25) is 4.79 Å². The summed E-state index contributed by atoms with van der Waals surface area (Å²) in [6.07, 6.45) is -0.544. The fraction of sp³-hybridized carbons (Fsp3) is 0.364. The van der Waals surface area contributed by atoms with Crippen LogP contribution in [0.5, 0.6) is 0 Å². The predicted octanol–water partition coefficient (Wildman–Crippen LogP) is 1.73. The summed E-state index contributed by atoms with van der Waals surface area (Å²) in [7, 11) is 0. The van der Waals surface area contributed by atoms with Gasteiger partial charge in [-0.25, -0.2) is 9.78 Å². The molecule has 1 N–H and O–H groups in total. The van der Waals surface area contributed by atoms with E-state index >= 15 is 0 Å². The fourth-order valence-corrected chi connectivity index (χ4v) is 1.59. The Labute approximate surface area is 88.1 Å². The lowest BCUT2D eigenvalue weighted by Crippen LogP contribution is -2.62. The van der Waals surface area contributed by atoms with Crippen LogP contribution in [0.4, 0.5) is 5.69 Å². The molecular formula is C11H13NO3. The summed E-state index contributed by atoms with van der Waals surface area (Å²) in [6, 6.07) is 9.56. The Morgan fingerprint density at radius 3 is 2.53 bits per heavy atom. The highest BCUT2D eigenvalue weighted by atomic mass is 17.3. The van der Waals surface area contributed by atoms with Crippen molar-refractivity contribution in [2.45, 2.75) is 25.7 Å². The molecule has 1 saturated heterocycles. The molecule has 1 aromatic carbocycles. The zero-order chi connectivity index (χ0) is 10.9. The van der Waals surface area contributed by atoms with Gasteiger partial charge in [0.1, 0.15) is 0 Å². The standard InChI is InChI=1S/C11H13NO3/c1-8(13)10-11(2,15-14-10)12-9-6-4-3-5-7-9/h3-7,10,12H,1-2H3. The van der Waals surface area contributed by atoms with E-state index < -0.39 is 11.8 Å². The minimum absolute atomic E-state index is 0.0489. The van der Waals surface area contributed by atoms with Crippen molar-refractivity contribution >= 4 is 11.5 Å². The summed E-state index contributed by atoms with van der Waals surface area (Å²) < 4.78 is 0. The predicted molar refractivity (Wildman–Crippen MR) is 55.1 cm³/mol. The molecule has 0 saturated carbocycles. The van der Waals surface area contributed by atoms with E-state index in [2.05, 4.69) is 5.32 Å². The van der Waals surface area contributed by atoms with Gasteiger partial charge in [0, 0.05) is 5.69 Å². The number of Topliss-reactive ketones (excluding diaryl/α,β-unsaturated/α-hetero) is 1. The quantitative estimate of drug-likeness (QED) is 0.767. The van der Waals surface area contributed by atoms with Crippen LogP contribution in [0.1, 0.15) is 13.8 Å². The number of para-hydroxylation sites is 1. The average molecular weight is 207 g/mol. The molecular weight excluding hydrogens is 194 g/mol. The maximum absolute atomic E-state index is 11.2. The minimum atomic E-state index is -0.757. The van der Waals surface area contributed by atoms with Crippen LogP contribution >= 0.6 is 0 Å². The van der Waals surface area contributed by atoms with Crippen molar-refractivity contribution in [1.29, 1.82) is 0 Å². The van der Waals surface area contributed by atoms with Gasteiger partial charge in [0.25, 0.3) is 0 Å². The zero-order valence-electron chi connectivity index (χ0n) is 8.69. The van der Waals surface area contributed by atoms with Gasteiger partial charge in [-0.2, -0.15) is 0 Å². The molecule has 2 atom stereocenters. The van der Waals surface area contributed by atoms with Crippen molar-refractivity contribution in [1.82, 2.24) is 0 Å². The van der Waals surface area contributed by atoms with Crippen LogP contribution in [0.2, 0.25) is 0 Å². The number of carbonyl (C=O) groups is 1. The van der Waals surface area contributed by atoms with E-state index in [-0.39, 0.29) is 5.78 Å². The smallest absolute Gasteiger partial charge is 0.206 e. The first-order valence-corrected chi connectivity index (χ1v) is 4.80. The second-order valence-corrected chi connectivity index (χ2v) is 3.77. The number of rotatable bonds is 3. The summed E-state index contributed by atoms with van der Waals surface area (Å²) in [5.41, 5.74) is 0.141. The van der Waals surface area contributed by atoms with E-state index in [1.54, 1.807) is 6.92 Å². The number of hydrogen-bond acceptors (Lipinski definition) is 4. The molecule has 0 bridgehead atoms. The lowest BCUT2D eigenvalue weighted by Gasteiger charge is -2.43. The topological polar surface area (TPSA) is 47.6 Å². The Morgan fingerprint density at radius 2 is 2.07 bits per heavy atom. The Balaban J connectivity index is 2.09. The van der Waals surface area contributed by atoms with Crippen LogP contribution in [0.25, 0.3) is 0 Å². The second kappa shape index (κ2) is 3.64. The van der Waals surface area contributed by atoms with Crippen molar-refractivity contribution in [3.63, 3.8) is 0 Å². The monoisotopic (exact) mass is 207 g/mol.